The summed E-state index contributed by atoms with van der Waals surface area (Å²) in [7, 11) is 1.51. The topological polar surface area (TPSA) is 129 Å². The van der Waals surface area contributed by atoms with Crippen LogP contribution in [-0.4, -0.2) is 40.4 Å². The number of Topliss-reactive ketones (excluding diaryl/α,β-unsaturated/α-hetero) is 1. The molecule has 0 bridgehead atoms. The van der Waals surface area contributed by atoms with Crippen LogP contribution in [0, 0.1) is 6.92 Å². The van der Waals surface area contributed by atoms with Crippen molar-refractivity contribution in [3.63, 3.8) is 0 Å². The van der Waals surface area contributed by atoms with Gasteiger partial charge in [0.2, 0.25) is 0 Å². The van der Waals surface area contributed by atoms with Gasteiger partial charge in [-0.05, 0) is 49.7 Å². The number of methoxy groups -OCH3 is 1. The van der Waals surface area contributed by atoms with Gasteiger partial charge in [-0.15, -0.1) is 11.3 Å². The molecule has 2 aromatic carbocycles. The van der Waals surface area contributed by atoms with Crippen molar-refractivity contribution in [2.75, 3.05) is 17.7 Å². The molecular weight excluding hydrogens is 496 g/mol. The van der Waals surface area contributed by atoms with Crippen LogP contribution in [0.1, 0.15) is 32.5 Å². The molecule has 0 saturated heterocycles. The van der Waals surface area contributed by atoms with E-state index in [2.05, 4.69) is 15.6 Å². The molecule has 4 aromatic rings. The highest BCUT2D eigenvalue weighted by Gasteiger charge is 2.25. The van der Waals surface area contributed by atoms with E-state index in [-0.39, 0.29) is 29.5 Å². The van der Waals surface area contributed by atoms with Gasteiger partial charge in [0.05, 0.1) is 41.6 Å². The van der Waals surface area contributed by atoms with E-state index in [9.17, 15) is 19.2 Å². The molecule has 0 fully saturated rings. The van der Waals surface area contributed by atoms with Gasteiger partial charge in [0, 0.05) is 5.56 Å². The molecule has 1 atom stereocenters. The molecule has 0 radical (unpaired) electrons. The number of benzene rings is 2. The number of hydrogen-bond donors (Lipinski definition) is 2. The average Bonchev–Trinajstić information content (AvgIpc) is 3.23. The number of hydrogen-bond acceptors (Lipinski definition) is 8. The van der Waals surface area contributed by atoms with Gasteiger partial charge in [0.25, 0.3) is 17.4 Å². The lowest BCUT2D eigenvalue weighted by Crippen LogP contribution is -2.34. The molecule has 5 rings (SSSR count). The maximum Gasteiger partial charge on any atom is 0.266 e. The fraction of sp³-hybridized carbons (Fsp3) is 0.192. The lowest BCUT2D eigenvalue weighted by atomic mass is 10.1. The van der Waals surface area contributed by atoms with Gasteiger partial charge in [-0.1, -0.05) is 12.1 Å². The number of nitrogens with zero attached hydrogens (tertiary/aromatic N) is 2. The third-order valence-corrected chi connectivity index (χ3v) is 7.22. The van der Waals surface area contributed by atoms with Gasteiger partial charge in [-0.25, -0.2) is 4.98 Å². The molecule has 37 heavy (non-hydrogen) atoms. The standard InChI is InChI=1S/C26H22N4O6S/c1-13-21-25(37-22(13)24(33)28-16-6-4-5-7-19(16)35-3)27-12-30(26(21)34)11-18(31)15-8-9-20-17(10-15)29-23(32)14(2)36-20/h4-10,12,14H,11H2,1-3H3,(H,28,33)(H,29,32). The summed E-state index contributed by atoms with van der Waals surface area (Å²) < 4.78 is 12.0. The highest BCUT2D eigenvalue weighted by molar-refractivity contribution is 7.20. The molecule has 3 heterocycles. The number of aryl methyl sites for hydroxylation is 1. The van der Waals surface area contributed by atoms with Crippen molar-refractivity contribution in [2.24, 2.45) is 0 Å². The first-order chi connectivity index (χ1) is 17.8. The van der Waals surface area contributed by atoms with E-state index in [1.54, 1.807) is 50.2 Å². The summed E-state index contributed by atoms with van der Waals surface area (Å²) in [4.78, 5) is 56.2. The number of ether oxygens (including phenoxy) is 2. The Kier molecular flexibility index (Phi) is 6.22. The molecule has 2 amide bonds. The molecule has 0 aliphatic carbocycles. The Labute approximate surface area is 214 Å². The van der Waals surface area contributed by atoms with E-state index in [1.165, 1.54) is 24.1 Å². The van der Waals surface area contributed by atoms with Gasteiger partial charge in [-0.2, -0.15) is 0 Å². The molecule has 10 nitrogen and oxygen atoms in total. The molecule has 11 heteroatoms. The van der Waals surface area contributed by atoms with E-state index in [0.717, 1.165) is 11.3 Å². The van der Waals surface area contributed by atoms with Crippen molar-refractivity contribution in [3.05, 3.63) is 75.1 Å². The summed E-state index contributed by atoms with van der Waals surface area (Å²) in [5.74, 6) is -0.0600. The second kappa shape index (κ2) is 9.51. The zero-order valence-corrected chi connectivity index (χ0v) is 21.0. The smallest absolute Gasteiger partial charge is 0.266 e. The Morgan fingerprint density at radius 2 is 2.00 bits per heavy atom. The molecule has 1 unspecified atom stereocenters. The van der Waals surface area contributed by atoms with Crippen LogP contribution in [-0.2, 0) is 11.3 Å². The van der Waals surface area contributed by atoms with Gasteiger partial charge >= 0.3 is 0 Å². The predicted molar refractivity (Wildman–Crippen MR) is 139 cm³/mol. The van der Waals surface area contributed by atoms with Crippen molar-refractivity contribution in [3.8, 4) is 11.5 Å². The SMILES string of the molecule is COc1ccccc1NC(=O)c1sc2ncn(CC(=O)c3ccc4c(c3)NC(=O)C(C)O4)c(=O)c2c1C. The lowest BCUT2D eigenvalue weighted by Gasteiger charge is -2.23. The number of nitrogens with one attached hydrogen (secondary N) is 2. The van der Waals surface area contributed by atoms with Crippen molar-refractivity contribution >= 4 is 50.5 Å². The van der Waals surface area contributed by atoms with E-state index >= 15 is 0 Å². The summed E-state index contributed by atoms with van der Waals surface area (Å²) in [6, 6.07) is 11.7. The van der Waals surface area contributed by atoms with Crippen molar-refractivity contribution in [1.29, 1.82) is 0 Å². The summed E-state index contributed by atoms with van der Waals surface area (Å²) in [5, 5.41) is 5.80. The van der Waals surface area contributed by atoms with Crippen molar-refractivity contribution in [1.82, 2.24) is 9.55 Å². The van der Waals surface area contributed by atoms with Crippen LogP contribution < -0.4 is 25.7 Å². The fourth-order valence-electron chi connectivity index (χ4n) is 4.04. The van der Waals surface area contributed by atoms with Crippen LogP contribution in [0.4, 0.5) is 11.4 Å². The molecule has 2 N–H and O–H groups in total. The van der Waals surface area contributed by atoms with Crippen LogP contribution in [0.25, 0.3) is 10.2 Å². The third-order valence-electron chi connectivity index (χ3n) is 6.03. The van der Waals surface area contributed by atoms with E-state index in [4.69, 9.17) is 9.47 Å². The third kappa shape index (κ3) is 4.45. The second-order valence-corrected chi connectivity index (χ2v) is 9.45. The summed E-state index contributed by atoms with van der Waals surface area (Å²) in [6.07, 6.45) is 0.673. The molecule has 0 saturated carbocycles. The number of fused-ring (bicyclic) bond motifs is 2. The minimum Gasteiger partial charge on any atom is -0.495 e. The first-order valence-electron chi connectivity index (χ1n) is 11.3. The first-order valence-corrected chi connectivity index (χ1v) is 12.2. The number of anilines is 2. The Morgan fingerprint density at radius 3 is 2.78 bits per heavy atom. The average molecular weight is 519 g/mol. The van der Waals surface area contributed by atoms with Gasteiger partial charge in [0.15, 0.2) is 11.9 Å². The van der Waals surface area contributed by atoms with Crippen LogP contribution >= 0.6 is 11.3 Å². The second-order valence-electron chi connectivity index (χ2n) is 8.45. The zero-order valence-electron chi connectivity index (χ0n) is 20.2. The predicted octanol–water partition coefficient (Wildman–Crippen LogP) is 3.63. The number of para-hydroxylation sites is 2. The number of thiophene rings is 1. The summed E-state index contributed by atoms with van der Waals surface area (Å²) in [6.45, 7) is 3.05. The minimum absolute atomic E-state index is 0.260. The maximum atomic E-state index is 13.3. The van der Waals surface area contributed by atoms with Crippen LogP contribution in [0.3, 0.4) is 0 Å². The number of carbonyl (C=O) groups excluding carboxylic acids is 3. The van der Waals surface area contributed by atoms with Crippen LogP contribution in [0.2, 0.25) is 0 Å². The highest BCUT2D eigenvalue weighted by Crippen LogP contribution is 2.31. The molecule has 1 aliphatic heterocycles. The molecular formula is C26H22N4O6S. The van der Waals surface area contributed by atoms with Gasteiger partial charge < -0.3 is 20.1 Å². The number of rotatable bonds is 6. The fourth-order valence-corrected chi connectivity index (χ4v) is 5.08. The zero-order chi connectivity index (χ0) is 26.3. The van der Waals surface area contributed by atoms with Crippen molar-refractivity contribution < 1.29 is 23.9 Å². The Bertz CT molecular complexity index is 1640. The van der Waals surface area contributed by atoms with Gasteiger partial charge in [-0.3, -0.25) is 23.7 Å². The van der Waals surface area contributed by atoms with Crippen LogP contribution in [0.15, 0.2) is 53.6 Å². The minimum atomic E-state index is -0.624. The number of amides is 2. The molecule has 188 valence electrons. The summed E-state index contributed by atoms with van der Waals surface area (Å²) in [5.41, 5.74) is 1.27. The van der Waals surface area contributed by atoms with E-state index in [0.29, 0.717) is 43.7 Å². The highest BCUT2D eigenvalue weighted by atomic mass is 32.1. The Morgan fingerprint density at radius 1 is 1.22 bits per heavy atom. The molecule has 2 aromatic heterocycles. The molecule has 1 aliphatic rings. The molecule has 0 spiro atoms. The Hall–Kier alpha value is -4.51. The van der Waals surface area contributed by atoms with Crippen molar-refractivity contribution in [2.45, 2.75) is 26.5 Å². The normalized spacial score (nSPS) is 14.5. The quantitative estimate of drug-likeness (QED) is 0.373. The number of aromatic nitrogens is 2. The van der Waals surface area contributed by atoms with E-state index < -0.39 is 11.7 Å². The van der Waals surface area contributed by atoms with E-state index in [1.807, 2.05) is 0 Å². The number of carbonyl (C=O) groups is 3. The number of ketones is 1. The maximum absolute atomic E-state index is 13.3. The Balaban J connectivity index is 1.41. The lowest BCUT2D eigenvalue weighted by molar-refractivity contribution is -0.122. The first kappa shape index (κ1) is 24.2. The largest absolute Gasteiger partial charge is 0.495 e. The monoisotopic (exact) mass is 518 g/mol. The van der Waals surface area contributed by atoms with Crippen LogP contribution in [0.5, 0.6) is 11.5 Å². The summed E-state index contributed by atoms with van der Waals surface area (Å²) >= 11 is 1.10. The van der Waals surface area contributed by atoms with Gasteiger partial charge in [0.1, 0.15) is 16.3 Å².